The highest BCUT2D eigenvalue weighted by Gasteiger charge is 2.28. The smallest absolute Gasteiger partial charge is 0.238 e. The molecule has 0 aromatic carbocycles. The molecule has 1 aromatic heterocycles. The summed E-state index contributed by atoms with van der Waals surface area (Å²) in [5.41, 5.74) is 1.00. The zero-order valence-electron chi connectivity index (χ0n) is 10.0. The molecule has 1 unspecified atom stereocenters. The number of likely N-dealkylation sites (N-methyl/N-ethyl adjacent to an activating group) is 1. The van der Waals surface area contributed by atoms with Gasteiger partial charge in [0, 0.05) is 32.4 Å². The molecule has 1 saturated heterocycles. The molecule has 0 radical (unpaired) electrons. The predicted molar refractivity (Wildman–Crippen MR) is 65.4 cm³/mol. The van der Waals surface area contributed by atoms with Crippen LogP contribution in [0.1, 0.15) is 5.69 Å². The van der Waals surface area contributed by atoms with Crippen molar-refractivity contribution in [3.63, 3.8) is 0 Å². The van der Waals surface area contributed by atoms with Gasteiger partial charge in [-0.2, -0.15) is 0 Å². The van der Waals surface area contributed by atoms with Crippen LogP contribution >= 0.6 is 0 Å². The van der Waals surface area contributed by atoms with Crippen molar-refractivity contribution in [3.05, 3.63) is 30.1 Å². The summed E-state index contributed by atoms with van der Waals surface area (Å²) in [5.74, 6) is 0.0986. The van der Waals surface area contributed by atoms with Crippen LogP contribution in [-0.2, 0) is 11.3 Å². The van der Waals surface area contributed by atoms with Crippen molar-refractivity contribution in [2.45, 2.75) is 12.6 Å². The van der Waals surface area contributed by atoms with Crippen molar-refractivity contribution in [2.75, 3.05) is 26.7 Å². The van der Waals surface area contributed by atoms with Crippen LogP contribution in [0.15, 0.2) is 24.4 Å². The number of nitrogens with one attached hydrogen (secondary N) is 2. The van der Waals surface area contributed by atoms with E-state index in [1.807, 2.05) is 25.2 Å². The van der Waals surface area contributed by atoms with E-state index in [0.717, 1.165) is 18.8 Å². The molecule has 1 aliphatic rings. The van der Waals surface area contributed by atoms with Crippen LogP contribution in [-0.4, -0.2) is 48.5 Å². The number of amides is 1. The van der Waals surface area contributed by atoms with Crippen molar-refractivity contribution in [1.29, 1.82) is 0 Å². The standard InChI is InChI=1S/C12H18N4O/c1-13-8-11-12(17)15-6-7-16(11)9-10-4-2-3-5-14-10/h2-5,11,13H,6-9H2,1H3,(H,15,17). The molecule has 2 N–H and O–H groups in total. The molecule has 5 nitrogen and oxygen atoms in total. The summed E-state index contributed by atoms with van der Waals surface area (Å²) in [5, 5.41) is 5.95. The fraction of sp³-hybridized carbons (Fsp3) is 0.500. The van der Waals surface area contributed by atoms with Crippen molar-refractivity contribution >= 4 is 5.91 Å². The molecular weight excluding hydrogens is 216 g/mol. The maximum atomic E-state index is 11.8. The molecule has 1 aliphatic heterocycles. The Balaban J connectivity index is 2.04. The maximum absolute atomic E-state index is 11.8. The minimum Gasteiger partial charge on any atom is -0.353 e. The van der Waals surface area contributed by atoms with E-state index in [1.165, 1.54) is 0 Å². The molecule has 1 amide bonds. The van der Waals surface area contributed by atoms with E-state index >= 15 is 0 Å². The number of hydrogen-bond donors (Lipinski definition) is 2. The molecular formula is C12H18N4O. The molecule has 5 heteroatoms. The van der Waals surface area contributed by atoms with Gasteiger partial charge in [-0.3, -0.25) is 14.7 Å². The highest BCUT2D eigenvalue weighted by Crippen LogP contribution is 2.08. The normalized spacial score (nSPS) is 21.2. The monoisotopic (exact) mass is 234 g/mol. The van der Waals surface area contributed by atoms with Crippen LogP contribution in [0.3, 0.4) is 0 Å². The summed E-state index contributed by atoms with van der Waals surface area (Å²) < 4.78 is 0. The van der Waals surface area contributed by atoms with Crippen LogP contribution in [0.5, 0.6) is 0 Å². The van der Waals surface area contributed by atoms with Gasteiger partial charge in [0.15, 0.2) is 0 Å². The van der Waals surface area contributed by atoms with E-state index in [1.54, 1.807) is 6.20 Å². The summed E-state index contributed by atoms with van der Waals surface area (Å²) in [7, 11) is 1.86. The van der Waals surface area contributed by atoms with E-state index in [0.29, 0.717) is 13.1 Å². The van der Waals surface area contributed by atoms with Gasteiger partial charge in [-0.15, -0.1) is 0 Å². The van der Waals surface area contributed by atoms with Gasteiger partial charge in [0.05, 0.1) is 5.69 Å². The Bertz CT molecular complexity index is 368. The first kappa shape index (κ1) is 12.0. The van der Waals surface area contributed by atoms with Crippen LogP contribution in [0, 0.1) is 0 Å². The number of pyridine rings is 1. The summed E-state index contributed by atoms with van der Waals surface area (Å²) in [4.78, 5) is 18.2. The minimum atomic E-state index is -0.101. The van der Waals surface area contributed by atoms with E-state index < -0.39 is 0 Å². The van der Waals surface area contributed by atoms with Crippen LogP contribution in [0.2, 0.25) is 0 Å². The molecule has 0 spiro atoms. The predicted octanol–water partition coefficient (Wildman–Crippen LogP) is -0.399. The lowest BCUT2D eigenvalue weighted by molar-refractivity contribution is -0.129. The summed E-state index contributed by atoms with van der Waals surface area (Å²) >= 11 is 0. The molecule has 0 saturated carbocycles. The number of nitrogens with zero attached hydrogens (tertiary/aromatic N) is 2. The van der Waals surface area contributed by atoms with Crippen molar-refractivity contribution in [2.24, 2.45) is 0 Å². The quantitative estimate of drug-likeness (QED) is 0.744. The van der Waals surface area contributed by atoms with Gasteiger partial charge in [-0.1, -0.05) is 6.07 Å². The first-order valence-corrected chi connectivity index (χ1v) is 5.87. The van der Waals surface area contributed by atoms with Crippen LogP contribution in [0.25, 0.3) is 0 Å². The summed E-state index contributed by atoms with van der Waals surface area (Å²) in [6.45, 7) is 2.97. The first-order valence-electron chi connectivity index (χ1n) is 5.87. The van der Waals surface area contributed by atoms with Crippen molar-refractivity contribution in [3.8, 4) is 0 Å². The second-order valence-electron chi connectivity index (χ2n) is 4.16. The van der Waals surface area contributed by atoms with Gasteiger partial charge in [-0.25, -0.2) is 0 Å². The number of carbonyl (C=O) groups is 1. The third-order valence-corrected chi connectivity index (χ3v) is 2.93. The van der Waals surface area contributed by atoms with Gasteiger partial charge in [-0.05, 0) is 19.2 Å². The highest BCUT2D eigenvalue weighted by atomic mass is 16.2. The molecule has 0 aliphatic carbocycles. The number of piperazine rings is 1. The summed E-state index contributed by atoms with van der Waals surface area (Å²) in [6.07, 6.45) is 1.78. The van der Waals surface area contributed by atoms with Crippen molar-refractivity contribution in [1.82, 2.24) is 20.5 Å². The Kier molecular flexibility index (Phi) is 4.06. The van der Waals surface area contributed by atoms with E-state index in [4.69, 9.17) is 0 Å². The molecule has 1 aromatic rings. The Labute approximate surface area is 101 Å². The maximum Gasteiger partial charge on any atom is 0.238 e. The Morgan fingerprint density at radius 1 is 1.59 bits per heavy atom. The van der Waals surface area contributed by atoms with E-state index in [-0.39, 0.29) is 11.9 Å². The molecule has 0 bridgehead atoms. The topological polar surface area (TPSA) is 57.3 Å². The zero-order chi connectivity index (χ0) is 12.1. The third-order valence-electron chi connectivity index (χ3n) is 2.93. The zero-order valence-corrected chi connectivity index (χ0v) is 10.0. The molecule has 2 heterocycles. The van der Waals surface area contributed by atoms with Crippen LogP contribution < -0.4 is 10.6 Å². The Morgan fingerprint density at radius 2 is 2.47 bits per heavy atom. The number of aromatic nitrogens is 1. The van der Waals surface area contributed by atoms with Crippen molar-refractivity contribution < 1.29 is 4.79 Å². The Morgan fingerprint density at radius 3 is 3.18 bits per heavy atom. The van der Waals surface area contributed by atoms with Gasteiger partial charge in [0.1, 0.15) is 6.04 Å². The first-order chi connectivity index (χ1) is 8.31. The lowest BCUT2D eigenvalue weighted by atomic mass is 10.1. The number of rotatable bonds is 4. The second-order valence-corrected chi connectivity index (χ2v) is 4.16. The number of hydrogen-bond acceptors (Lipinski definition) is 4. The van der Waals surface area contributed by atoms with Gasteiger partial charge in [0.2, 0.25) is 5.91 Å². The third kappa shape index (κ3) is 3.01. The summed E-state index contributed by atoms with van der Waals surface area (Å²) in [6, 6.07) is 5.76. The molecule has 17 heavy (non-hydrogen) atoms. The average molecular weight is 234 g/mol. The van der Waals surface area contributed by atoms with E-state index in [2.05, 4.69) is 20.5 Å². The van der Waals surface area contributed by atoms with Gasteiger partial charge >= 0.3 is 0 Å². The molecule has 1 atom stereocenters. The van der Waals surface area contributed by atoms with E-state index in [9.17, 15) is 4.79 Å². The van der Waals surface area contributed by atoms with Crippen LogP contribution in [0.4, 0.5) is 0 Å². The Hall–Kier alpha value is -1.46. The molecule has 2 rings (SSSR count). The molecule has 1 fully saturated rings. The lowest BCUT2D eigenvalue weighted by Gasteiger charge is -2.34. The fourth-order valence-electron chi connectivity index (χ4n) is 2.07. The van der Waals surface area contributed by atoms with Gasteiger partial charge < -0.3 is 10.6 Å². The lowest BCUT2D eigenvalue weighted by Crippen LogP contribution is -2.58. The number of carbonyl (C=O) groups excluding carboxylic acids is 1. The largest absolute Gasteiger partial charge is 0.353 e. The highest BCUT2D eigenvalue weighted by molar-refractivity contribution is 5.82. The SMILES string of the molecule is CNCC1C(=O)NCCN1Cc1ccccn1. The second kappa shape index (κ2) is 5.75. The minimum absolute atomic E-state index is 0.0986. The molecule has 92 valence electrons. The fourth-order valence-corrected chi connectivity index (χ4v) is 2.07. The average Bonchev–Trinajstić information content (AvgIpc) is 2.35. The van der Waals surface area contributed by atoms with Gasteiger partial charge in [0.25, 0.3) is 0 Å².